The van der Waals surface area contributed by atoms with E-state index in [1.54, 1.807) is 0 Å². The molecule has 0 aromatic heterocycles. The summed E-state index contributed by atoms with van der Waals surface area (Å²) in [6, 6.07) is 8.35. The molecule has 2 heterocycles. The van der Waals surface area contributed by atoms with Gasteiger partial charge in [0.05, 0.1) is 6.54 Å². The zero-order valence-corrected chi connectivity index (χ0v) is 9.87. The molecule has 2 aliphatic heterocycles. The molecular weight excluding hydrogens is 200 g/mol. The van der Waals surface area contributed by atoms with E-state index in [4.69, 9.17) is 0 Å². The van der Waals surface area contributed by atoms with E-state index in [1.807, 2.05) is 6.07 Å². The van der Waals surface area contributed by atoms with Gasteiger partial charge in [-0.3, -0.25) is 4.79 Å². The minimum Gasteiger partial charge on any atom is -0.339 e. The largest absolute Gasteiger partial charge is 0.339 e. The second kappa shape index (κ2) is 2.59. The van der Waals surface area contributed by atoms with Crippen LogP contribution in [-0.2, 0) is 10.2 Å². The van der Waals surface area contributed by atoms with Crippen LogP contribution < -0.4 is 10.2 Å². The normalized spacial score (nSPS) is 29.9. The molecule has 1 N–H and O–H groups in total. The molecule has 0 bridgehead atoms. The van der Waals surface area contributed by atoms with Crippen molar-refractivity contribution in [3.05, 3.63) is 29.8 Å². The maximum absolute atomic E-state index is 11.6. The van der Waals surface area contributed by atoms with Crippen LogP contribution in [0, 0.1) is 0 Å². The van der Waals surface area contributed by atoms with Gasteiger partial charge in [0, 0.05) is 11.1 Å². The summed E-state index contributed by atoms with van der Waals surface area (Å²) >= 11 is 0. The van der Waals surface area contributed by atoms with Gasteiger partial charge in [-0.15, -0.1) is 0 Å². The number of benzene rings is 1. The first-order valence-electron chi connectivity index (χ1n) is 5.65. The van der Waals surface area contributed by atoms with Gasteiger partial charge in [-0.25, -0.2) is 0 Å². The average molecular weight is 216 g/mol. The number of fused-ring (bicyclic) bond motifs is 3. The first-order valence-corrected chi connectivity index (χ1v) is 5.65. The molecule has 0 unspecified atom stereocenters. The number of carbonyl (C=O) groups excluding carboxylic acids is 1. The Kier molecular flexibility index (Phi) is 1.57. The standard InChI is InChI=1S/C13H16N2O/c1-12(2)9-6-4-5-7-10(9)15-8-11(16)14-13(12,15)3/h4-7H,8H2,1-3H3,(H,14,16)/t13-/m0/s1. The summed E-state index contributed by atoms with van der Waals surface area (Å²) < 4.78 is 0. The van der Waals surface area contributed by atoms with Crippen LogP contribution in [0.2, 0.25) is 0 Å². The van der Waals surface area contributed by atoms with E-state index in [1.165, 1.54) is 11.3 Å². The summed E-state index contributed by atoms with van der Waals surface area (Å²) in [5.41, 5.74) is 2.16. The van der Waals surface area contributed by atoms with Crippen LogP contribution in [0.5, 0.6) is 0 Å². The van der Waals surface area contributed by atoms with Gasteiger partial charge in [0.25, 0.3) is 0 Å². The van der Waals surface area contributed by atoms with Crippen LogP contribution in [-0.4, -0.2) is 18.1 Å². The number of para-hydroxylation sites is 1. The summed E-state index contributed by atoms with van der Waals surface area (Å²) in [5, 5.41) is 3.12. The molecule has 1 amide bonds. The number of nitrogens with zero attached hydrogens (tertiary/aromatic N) is 1. The van der Waals surface area contributed by atoms with Crippen molar-refractivity contribution < 1.29 is 4.79 Å². The van der Waals surface area contributed by atoms with E-state index in [2.05, 4.69) is 49.2 Å². The van der Waals surface area contributed by atoms with E-state index in [9.17, 15) is 4.79 Å². The number of rotatable bonds is 0. The van der Waals surface area contributed by atoms with Gasteiger partial charge in [-0.05, 0) is 18.6 Å². The smallest absolute Gasteiger partial charge is 0.241 e. The average Bonchev–Trinajstić information content (AvgIpc) is 2.61. The molecular formula is C13H16N2O. The Balaban J connectivity index is 2.26. The molecule has 0 radical (unpaired) electrons. The maximum Gasteiger partial charge on any atom is 0.241 e. The van der Waals surface area contributed by atoms with E-state index < -0.39 is 0 Å². The van der Waals surface area contributed by atoms with Crippen molar-refractivity contribution >= 4 is 11.6 Å². The fourth-order valence-electron chi connectivity index (χ4n) is 3.00. The number of carbonyl (C=O) groups is 1. The Morgan fingerprint density at radius 3 is 2.69 bits per heavy atom. The van der Waals surface area contributed by atoms with Gasteiger partial charge in [0.2, 0.25) is 5.91 Å². The molecule has 2 aliphatic rings. The molecule has 3 rings (SSSR count). The Bertz CT molecular complexity index is 481. The number of nitrogens with one attached hydrogen (secondary N) is 1. The third-order valence-electron chi connectivity index (χ3n) is 4.31. The number of hydrogen-bond donors (Lipinski definition) is 1. The molecule has 0 aliphatic carbocycles. The van der Waals surface area contributed by atoms with Crippen LogP contribution in [0.4, 0.5) is 5.69 Å². The highest BCUT2D eigenvalue weighted by Gasteiger charge is 2.58. The topological polar surface area (TPSA) is 32.3 Å². The summed E-state index contributed by atoms with van der Waals surface area (Å²) in [7, 11) is 0. The molecule has 1 fully saturated rings. The first-order chi connectivity index (χ1) is 7.47. The highest BCUT2D eigenvalue weighted by Crippen LogP contribution is 2.51. The molecule has 0 saturated carbocycles. The lowest BCUT2D eigenvalue weighted by Gasteiger charge is -2.39. The van der Waals surface area contributed by atoms with Crippen molar-refractivity contribution in [2.24, 2.45) is 0 Å². The zero-order valence-electron chi connectivity index (χ0n) is 9.87. The third kappa shape index (κ3) is 0.872. The van der Waals surface area contributed by atoms with Gasteiger partial charge < -0.3 is 10.2 Å². The molecule has 0 spiro atoms. The SMILES string of the molecule is CC1(C)c2ccccc2N2CC(=O)N[C@@]21C. The number of hydrogen-bond acceptors (Lipinski definition) is 2. The summed E-state index contributed by atoms with van der Waals surface area (Å²) in [6.07, 6.45) is 0. The Morgan fingerprint density at radius 2 is 1.94 bits per heavy atom. The fraction of sp³-hybridized carbons (Fsp3) is 0.462. The third-order valence-corrected chi connectivity index (χ3v) is 4.31. The predicted molar refractivity (Wildman–Crippen MR) is 63.4 cm³/mol. The number of amides is 1. The van der Waals surface area contributed by atoms with Crippen molar-refractivity contribution in [3.63, 3.8) is 0 Å². The second-order valence-corrected chi connectivity index (χ2v) is 5.35. The van der Waals surface area contributed by atoms with Gasteiger partial charge in [0.1, 0.15) is 5.66 Å². The minimum atomic E-state index is -0.284. The lowest BCUT2D eigenvalue weighted by molar-refractivity contribution is -0.119. The van der Waals surface area contributed by atoms with Gasteiger partial charge in [-0.1, -0.05) is 32.0 Å². The Morgan fingerprint density at radius 1 is 1.25 bits per heavy atom. The minimum absolute atomic E-state index is 0.0598. The lowest BCUT2D eigenvalue weighted by atomic mass is 9.77. The van der Waals surface area contributed by atoms with Gasteiger partial charge >= 0.3 is 0 Å². The highest BCUT2D eigenvalue weighted by molar-refractivity contribution is 5.90. The van der Waals surface area contributed by atoms with Gasteiger partial charge in [-0.2, -0.15) is 0 Å². The number of anilines is 1. The molecule has 1 saturated heterocycles. The van der Waals surface area contributed by atoms with E-state index in [0.29, 0.717) is 6.54 Å². The van der Waals surface area contributed by atoms with Crippen molar-refractivity contribution in [1.29, 1.82) is 0 Å². The zero-order chi connectivity index (χ0) is 11.6. The molecule has 1 aromatic rings. The lowest BCUT2D eigenvalue weighted by Crippen LogP contribution is -2.57. The summed E-state index contributed by atoms with van der Waals surface area (Å²) in [4.78, 5) is 13.8. The molecule has 84 valence electrons. The van der Waals surface area contributed by atoms with Crippen LogP contribution in [0.15, 0.2) is 24.3 Å². The van der Waals surface area contributed by atoms with E-state index in [0.717, 1.165) is 0 Å². The second-order valence-electron chi connectivity index (χ2n) is 5.35. The van der Waals surface area contributed by atoms with Crippen LogP contribution >= 0.6 is 0 Å². The fourth-order valence-corrected chi connectivity index (χ4v) is 3.00. The first kappa shape index (κ1) is 9.70. The summed E-state index contributed by atoms with van der Waals surface area (Å²) in [6.45, 7) is 6.96. The summed E-state index contributed by atoms with van der Waals surface area (Å²) in [5.74, 6) is 0.116. The molecule has 3 nitrogen and oxygen atoms in total. The van der Waals surface area contributed by atoms with E-state index >= 15 is 0 Å². The van der Waals surface area contributed by atoms with Crippen molar-refractivity contribution in [2.45, 2.75) is 31.8 Å². The van der Waals surface area contributed by atoms with Crippen molar-refractivity contribution in [1.82, 2.24) is 5.32 Å². The van der Waals surface area contributed by atoms with E-state index in [-0.39, 0.29) is 17.0 Å². The quantitative estimate of drug-likeness (QED) is 0.715. The Labute approximate surface area is 95.4 Å². The van der Waals surface area contributed by atoms with Gasteiger partial charge in [0.15, 0.2) is 0 Å². The highest BCUT2D eigenvalue weighted by atomic mass is 16.2. The predicted octanol–water partition coefficient (Wildman–Crippen LogP) is 1.63. The monoisotopic (exact) mass is 216 g/mol. The van der Waals surface area contributed by atoms with Crippen LogP contribution in [0.25, 0.3) is 0 Å². The maximum atomic E-state index is 11.6. The van der Waals surface area contributed by atoms with Crippen molar-refractivity contribution in [2.75, 3.05) is 11.4 Å². The Hall–Kier alpha value is -1.51. The molecule has 3 heteroatoms. The van der Waals surface area contributed by atoms with Crippen LogP contribution in [0.3, 0.4) is 0 Å². The molecule has 1 aromatic carbocycles. The molecule has 1 atom stereocenters. The van der Waals surface area contributed by atoms with Crippen LogP contribution in [0.1, 0.15) is 26.3 Å². The molecule has 16 heavy (non-hydrogen) atoms. The van der Waals surface area contributed by atoms with Crippen molar-refractivity contribution in [3.8, 4) is 0 Å².